The molecule has 162 valence electrons. The molecule has 2 aromatic carbocycles. The first-order valence-corrected chi connectivity index (χ1v) is 10.4. The van der Waals surface area contributed by atoms with Crippen molar-refractivity contribution in [2.24, 2.45) is 0 Å². The molecule has 0 spiro atoms. The number of amides is 1. The standard InChI is InChI=1S/C26H24N2O4/c1-17(2)32-21-12-10-20(11-13-21)24(29)22-23(19-8-4-3-5-9-19)28(26(31)25(22)30)16-18-7-6-14-27-15-18/h3-15,17,23,29H,16H2,1-2H3/b24-22+. The molecule has 3 aromatic rings. The van der Waals surface area contributed by atoms with Crippen LogP contribution in [0.1, 0.15) is 36.6 Å². The SMILES string of the molecule is CC(C)Oc1ccc(/C(O)=C2\C(=O)C(=O)N(Cc3cccnc3)C2c2ccccc2)cc1. The van der Waals surface area contributed by atoms with E-state index in [2.05, 4.69) is 4.98 Å². The van der Waals surface area contributed by atoms with Gasteiger partial charge in [-0.25, -0.2) is 0 Å². The van der Waals surface area contributed by atoms with E-state index in [1.165, 1.54) is 4.90 Å². The predicted molar refractivity (Wildman–Crippen MR) is 121 cm³/mol. The number of aliphatic hydroxyl groups is 1. The van der Waals surface area contributed by atoms with Crippen molar-refractivity contribution in [3.63, 3.8) is 0 Å². The van der Waals surface area contributed by atoms with Gasteiger partial charge in [0.25, 0.3) is 11.7 Å². The Kier molecular flexibility index (Phi) is 6.03. The third-order valence-corrected chi connectivity index (χ3v) is 5.23. The van der Waals surface area contributed by atoms with E-state index in [1.807, 2.05) is 50.2 Å². The molecule has 1 aliphatic heterocycles. The monoisotopic (exact) mass is 428 g/mol. The molecule has 0 saturated carbocycles. The first kappa shape index (κ1) is 21.3. The highest BCUT2D eigenvalue weighted by molar-refractivity contribution is 6.46. The van der Waals surface area contributed by atoms with Crippen LogP contribution in [0.4, 0.5) is 0 Å². The van der Waals surface area contributed by atoms with Gasteiger partial charge in [-0.2, -0.15) is 0 Å². The van der Waals surface area contributed by atoms with E-state index in [0.717, 1.165) is 11.1 Å². The van der Waals surface area contributed by atoms with Crippen molar-refractivity contribution in [3.8, 4) is 5.75 Å². The number of rotatable bonds is 6. The molecule has 1 saturated heterocycles. The van der Waals surface area contributed by atoms with E-state index in [-0.39, 0.29) is 24.0 Å². The smallest absolute Gasteiger partial charge is 0.295 e. The second kappa shape index (κ2) is 9.06. The van der Waals surface area contributed by atoms with Gasteiger partial charge in [0.15, 0.2) is 0 Å². The average Bonchev–Trinajstić information content (AvgIpc) is 3.05. The van der Waals surface area contributed by atoms with Gasteiger partial charge in [0, 0.05) is 24.5 Å². The Hall–Kier alpha value is -3.93. The van der Waals surface area contributed by atoms with Gasteiger partial charge in [-0.1, -0.05) is 36.4 Å². The molecule has 0 aliphatic carbocycles. The van der Waals surface area contributed by atoms with Crippen molar-refractivity contribution >= 4 is 17.4 Å². The maximum atomic E-state index is 13.1. The van der Waals surface area contributed by atoms with Crippen molar-refractivity contribution < 1.29 is 19.4 Å². The van der Waals surface area contributed by atoms with E-state index in [9.17, 15) is 14.7 Å². The molecule has 1 amide bonds. The maximum Gasteiger partial charge on any atom is 0.295 e. The number of aliphatic hydroxyl groups excluding tert-OH is 1. The van der Waals surface area contributed by atoms with Crippen LogP contribution >= 0.6 is 0 Å². The van der Waals surface area contributed by atoms with Crippen LogP contribution in [0, 0.1) is 0 Å². The Morgan fingerprint density at radius 1 is 1.03 bits per heavy atom. The zero-order valence-corrected chi connectivity index (χ0v) is 17.9. The molecule has 2 heterocycles. The predicted octanol–water partition coefficient (Wildman–Crippen LogP) is 4.49. The van der Waals surface area contributed by atoms with Crippen LogP contribution in [0.3, 0.4) is 0 Å². The molecule has 0 bridgehead atoms. The normalized spacial score (nSPS) is 17.7. The Labute approximate surface area is 186 Å². The van der Waals surface area contributed by atoms with Crippen LogP contribution in [0.15, 0.2) is 84.7 Å². The quantitative estimate of drug-likeness (QED) is 0.355. The lowest BCUT2D eigenvalue weighted by atomic mass is 9.95. The van der Waals surface area contributed by atoms with Gasteiger partial charge in [0.05, 0.1) is 17.7 Å². The summed E-state index contributed by atoms with van der Waals surface area (Å²) in [5.74, 6) is -0.901. The van der Waals surface area contributed by atoms with Crippen LogP contribution in [0.5, 0.6) is 5.75 Å². The molecule has 1 unspecified atom stereocenters. The van der Waals surface area contributed by atoms with Crippen LogP contribution in [-0.4, -0.2) is 32.8 Å². The summed E-state index contributed by atoms with van der Waals surface area (Å²) < 4.78 is 5.65. The van der Waals surface area contributed by atoms with Gasteiger partial charge in [-0.05, 0) is 55.3 Å². The van der Waals surface area contributed by atoms with E-state index in [4.69, 9.17) is 4.74 Å². The summed E-state index contributed by atoms with van der Waals surface area (Å²) in [5.41, 5.74) is 2.06. The number of carbonyl (C=O) groups is 2. The number of nitrogens with zero attached hydrogens (tertiary/aromatic N) is 2. The van der Waals surface area contributed by atoms with Crippen LogP contribution in [0.2, 0.25) is 0 Å². The molecule has 1 aromatic heterocycles. The molecule has 1 aliphatic rings. The fraction of sp³-hybridized carbons (Fsp3) is 0.192. The van der Waals surface area contributed by atoms with Gasteiger partial charge < -0.3 is 14.7 Å². The number of hydrogen-bond acceptors (Lipinski definition) is 5. The first-order chi connectivity index (χ1) is 15.5. The van der Waals surface area contributed by atoms with Crippen LogP contribution in [0.25, 0.3) is 5.76 Å². The van der Waals surface area contributed by atoms with E-state index in [1.54, 1.807) is 42.7 Å². The molecular formula is C26H24N2O4. The number of pyridine rings is 1. The summed E-state index contributed by atoms with van der Waals surface area (Å²) in [7, 11) is 0. The first-order valence-electron chi connectivity index (χ1n) is 10.4. The number of ether oxygens (including phenoxy) is 1. The Bertz CT molecular complexity index is 1140. The van der Waals surface area contributed by atoms with Crippen molar-refractivity contribution in [1.82, 2.24) is 9.88 Å². The van der Waals surface area contributed by atoms with E-state index >= 15 is 0 Å². The van der Waals surface area contributed by atoms with E-state index < -0.39 is 17.7 Å². The topological polar surface area (TPSA) is 79.7 Å². The zero-order chi connectivity index (χ0) is 22.7. The lowest BCUT2D eigenvalue weighted by Crippen LogP contribution is -2.29. The van der Waals surface area contributed by atoms with Gasteiger partial charge in [0.2, 0.25) is 0 Å². The zero-order valence-electron chi connectivity index (χ0n) is 17.9. The number of aromatic nitrogens is 1. The average molecular weight is 428 g/mol. The van der Waals surface area contributed by atoms with E-state index in [0.29, 0.717) is 11.3 Å². The maximum absolute atomic E-state index is 13.1. The number of Topliss-reactive ketones (excluding diaryl/α,β-unsaturated/α-hetero) is 1. The Balaban J connectivity index is 1.78. The fourth-order valence-electron chi connectivity index (χ4n) is 3.83. The lowest BCUT2D eigenvalue weighted by molar-refractivity contribution is -0.140. The minimum Gasteiger partial charge on any atom is -0.507 e. The van der Waals surface area contributed by atoms with Gasteiger partial charge in [-0.3, -0.25) is 14.6 Å². The van der Waals surface area contributed by atoms with Gasteiger partial charge in [0.1, 0.15) is 11.5 Å². The summed E-state index contributed by atoms with van der Waals surface area (Å²) in [5, 5.41) is 11.1. The number of hydrogen-bond donors (Lipinski definition) is 1. The summed E-state index contributed by atoms with van der Waals surface area (Å²) >= 11 is 0. The van der Waals surface area contributed by atoms with Crippen LogP contribution in [-0.2, 0) is 16.1 Å². The second-order valence-electron chi connectivity index (χ2n) is 7.89. The molecule has 1 atom stereocenters. The van der Waals surface area contributed by atoms with Crippen LogP contribution < -0.4 is 4.74 Å². The second-order valence-corrected chi connectivity index (χ2v) is 7.89. The third-order valence-electron chi connectivity index (χ3n) is 5.23. The largest absolute Gasteiger partial charge is 0.507 e. The van der Waals surface area contributed by atoms with Gasteiger partial charge >= 0.3 is 0 Å². The highest BCUT2D eigenvalue weighted by atomic mass is 16.5. The summed E-state index contributed by atoms with van der Waals surface area (Å²) in [6.07, 6.45) is 3.33. The summed E-state index contributed by atoms with van der Waals surface area (Å²) in [6, 6.07) is 19.0. The minimum absolute atomic E-state index is 0.0188. The molecule has 1 fully saturated rings. The molecule has 6 nitrogen and oxygen atoms in total. The number of carbonyl (C=O) groups excluding carboxylic acids is 2. The third kappa shape index (κ3) is 4.25. The molecule has 6 heteroatoms. The summed E-state index contributed by atoms with van der Waals surface area (Å²) in [4.78, 5) is 31.7. The minimum atomic E-state index is -0.706. The highest BCUT2D eigenvalue weighted by Crippen LogP contribution is 2.40. The highest BCUT2D eigenvalue weighted by Gasteiger charge is 2.46. The molecule has 32 heavy (non-hydrogen) atoms. The number of benzene rings is 2. The van der Waals surface area contributed by atoms with Crippen molar-refractivity contribution in [2.45, 2.75) is 32.5 Å². The number of ketones is 1. The molecular weight excluding hydrogens is 404 g/mol. The summed E-state index contributed by atoms with van der Waals surface area (Å²) in [6.45, 7) is 4.06. The fourth-order valence-corrected chi connectivity index (χ4v) is 3.83. The Morgan fingerprint density at radius 2 is 1.75 bits per heavy atom. The van der Waals surface area contributed by atoms with Crippen molar-refractivity contribution in [1.29, 1.82) is 0 Å². The molecule has 4 rings (SSSR count). The molecule has 0 radical (unpaired) electrons. The van der Waals surface area contributed by atoms with Crippen molar-refractivity contribution in [2.75, 3.05) is 0 Å². The Morgan fingerprint density at radius 3 is 2.38 bits per heavy atom. The number of likely N-dealkylation sites (tertiary alicyclic amines) is 1. The van der Waals surface area contributed by atoms with Gasteiger partial charge in [-0.15, -0.1) is 0 Å². The van der Waals surface area contributed by atoms with Crippen molar-refractivity contribution in [3.05, 3.63) is 101 Å². The molecule has 1 N–H and O–H groups in total. The lowest BCUT2D eigenvalue weighted by Gasteiger charge is -2.25.